The molecule has 0 atom stereocenters. The average molecular weight is 281 g/mol. The number of rotatable bonds is 4. The number of nitrogens with zero attached hydrogens (tertiary/aromatic N) is 2. The highest BCUT2D eigenvalue weighted by atomic mass is 15.2. The molecule has 0 radical (unpaired) electrons. The van der Waals surface area contributed by atoms with E-state index in [4.69, 9.17) is 10.7 Å². The number of pyridine rings is 1. The van der Waals surface area contributed by atoms with E-state index in [1.165, 1.54) is 28.9 Å². The van der Waals surface area contributed by atoms with Gasteiger partial charge in [0.05, 0.1) is 0 Å². The van der Waals surface area contributed by atoms with Crippen LogP contribution in [0.2, 0.25) is 0 Å². The van der Waals surface area contributed by atoms with Gasteiger partial charge < -0.3 is 10.6 Å². The van der Waals surface area contributed by atoms with E-state index in [-0.39, 0.29) is 0 Å². The molecular formula is C18H23N3. The highest BCUT2D eigenvalue weighted by Crippen LogP contribution is 2.31. The molecule has 1 aliphatic carbocycles. The molecule has 2 aromatic rings. The molecule has 0 saturated carbocycles. The Labute approximate surface area is 126 Å². The molecule has 1 aromatic carbocycles. The molecular weight excluding hydrogens is 258 g/mol. The summed E-state index contributed by atoms with van der Waals surface area (Å²) < 4.78 is 0. The van der Waals surface area contributed by atoms with Gasteiger partial charge in [0.2, 0.25) is 0 Å². The van der Waals surface area contributed by atoms with Crippen molar-refractivity contribution < 1.29 is 0 Å². The Balaban J connectivity index is 2.06. The molecule has 0 unspecified atom stereocenters. The third-order valence-electron chi connectivity index (χ3n) is 4.24. The number of hydrogen-bond acceptors (Lipinski definition) is 3. The van der Waals surface area contributed by atoms with E-state index in [1.807, 2.05) is 0 Å². The molecule has 0 spiro atoms. The summed E-state index contributed by atoms with van der Waals surface area (Å²) in [6.45, 7) is 5.70. The minimum absolute atomic E-state index is 0.540. The summed E-state index contributed by atoms with van der Waals surface area (Å²) in [5.41, 5.74) is 12.2. The van der Waals surface area contributed by atoms with Gasteiger partial charge in [-0.15, -0.1) is 0 Å². The molecule has 1 aliphatic rings. The normalized spacial score (nSPS) is 13.3. The van der Waals surface area contributed by atoms with Crippen LogP contribution in [0.5, 0.6) is 0 Å². The van der Waals surface area contributed by atoms with Gasteiger partial charge in [-0.3, -0.25) is 0 Å². The van der Waals surface area contributed by atoms with Crippen LogP contribution >= 0.6 is 0 Å². The van der Waals surface area contributed by atoms with Crippen LogP contribution in [-0.2, 0) is 19.4 Å². The summed E-state index contributed by atoms with van der Waals surface area (Å²) in [6, 6.07) is 10.9. The second kappa shape index (κ2) is 5.86. The molecule has 0 fully saturated rings. The lowest BCUT2D eigenvalue weighted by molar-refractivity contribution is 0.892. The van der Waals surface area contributed by atoms with E-state index in [9.17, 15) is 0 Å². The van der Waals surface area contributed by atoms with Gasteiger partial charge in [0.15, 0.2) is 0 Å². The monoisotopic (exact) mass is 281 g/mol. The minimum atomic E-state index is 0.540. The maximum Gasteiger partial charge on any atom is 0.137 e. The molecule has 2 N–H and O–H groups in total. The summed E-state index contributed by atoms with van der Waals surface area (Å²) in [4.78, 5) is 7.20. The summed E-state index contributed by atoms with van der Waals surface area (Å²) in [5.74, 6) is 1.03. The fraction of sp³-hybridized carbons (Fsp3) is 0.389. The third kappa shape index (κ3) is 2.66. The maximum absolute atomic E-state index is 5.97. The van der Waals surface area contributed by atoms with Gasteiger partial charge in [-0.1, -0.05) is 17.7 Å². The number of hydrogen-bond donors (Lipinski definition) is 1. The number of anilines is 2. The molecule has 0 saturated heterocycles. The zero-order valence-electron chi connectivity index (χ0n) is 12.9. The van der Waals surface area contributed by atoms with Crippen LogP contribution in [0, 0.1) is 6.92 Å². The van der Waals surface area contributed by atoms with E-state index >= 15 is 0 Å². The van der Waals surface area contributed by atoms with Crippen LogP contribution in [0.25, 0.3) is 0 Å². The molecule has 110 valence electrons. The SMILES string of the molecule is CCN(c1ccc(C)cc1)c1nc2c(cc1CN)CCC2. The van der Waals surface area contributed by atoms with Crippen molar-refractivity contribution >= 4 is 11.5 Å². The van der Waals surface area contributed by atoms with Crippen molar-refractivity contribution in [3.05, 3.63) is 52.7 Å². The van der Waals surface area contributed by atoms with Crippen LogP contribution in [0.15, 0.2) is 30.3 Å². The van der Waals surface area contributed by atoms with Crippen molar-refractivity contribution in [2.24, 2.45) is 5.73 Å². The predicted molar refractivity (Wildman–Crippen MR) is 88.0 cm³/mol. The van der Waals surface area contributed by atoms with Crippen molar-refractivity contribution in [3.63, 3.8) is 0 Å². The van der Waals surface area contributed by atoms with E-state index in [1.54, 1.807) is 0 Å². The van der Waals surface area contributed by atoms with E-state index in [0.717, 1.165) is 30.8 Å². The van der Waals surface area contributed by atoms with Crippen LogP contribution in [0.3, 0.4) is 0 Å². The zero-order chi connectivity index (χ0) is 14.8. The number of aryl methyl sites for hydroxylation is 3. The lowest BCUT2D eigenvalue weighted by Gasteiger charge is -2.25. The van der Waals surface area contributed by atoms with Gasteiger partial charge in [0.25, 0.3) is 0 Å². The van der Waals surface area contributed by atoms with E-state index in [2.05, 4.69) is 49.1 Å². The first kappa shape index (κ1) is 14.1. The molecule has 0 amide bonds. The second-order valence-corrected chi connectivity index (χ2v) is 5.71. The van der Waals surface area contributed by atoms with E-state index < -0.39 is 0 Å². The molecule has 21 heavy (non-hydrogen) atoms. The largest absolute Gasteiger partial charge is 0.326 e. The Kier molecular flexibility index (Phi) is 3.93. The molecule has 3 heteroatoms. The van der Waals surface area contributed by atoms with Crippen molar-refractivity contribution in [1.82, 2.24) is 4.98 Å². The Morgan fingerprint density at radius 2 is 1.95 bits per heavy atom. The number of benzene rings is 1. The van der Waals surface area contributed by atoms with Gasteiger partial charge in [-0.25, -0.2) is 4.98 Å². The van der Waals surface area contributed by atoms with Crippen LogP contribution in [0.4, 0.5) is 11.5 Å². The highest BCUT2D eigenvalue weighted by molar-refractivity contribution is 5.64. The quantitative estimate of drug-likeness (QED) is 0.932. The van der Waals surface area contributed by atoms with Crippen LogP contribution in [-0.4, -0.2) is 11.5 Å². The molecule has 3 nitrogen and oxygen atoms in total. The Hall–Kier alpha value is -1.87. The second-order valence-electron chi connectivity index (χ2n) is 5.71. The lowest BCUT2D eigenvalue weighted by Crippen LogP contribution is -2.21. The summed E-state index contributed by atoms with van der Waals surface area (Å²) in [7, 11) is 0. The first-order valence-electron chi connectivity index (χ1n) is 7.79. The predicted octanol–water partition coefficient (Wildman–Crippen LogP) is 3.50. The standard InChI is InChI=1S/C18H23N3/c1-3-21(16-9-7-13(2)8-10-16)18-15(12-19)11-14-5-4-6-17(14)20-18/h7-11H,3-6,12,19H2,1-2H3. The summed E-state index contributed by atoms with van der Waals surface area (Å²) in [6.07, 6.45) is 3.46. The Bertz CT molecular complexity index is 632. The Morgan fingerprint density at radius 3 is 2.62 bits per heavy atom. The van der Waals surface area contributed by atoms with E-state index in [0.29, 0.717) is 6.54 Å². The number of aromatic nitrogens is 1. The Morgan fingerprint density at radius 1 is 1.19 bits per heavy atom. The fourth-order valence-electron chi connectivity index (χ4n) is 3.07. The average Bonchev–Trinajstić information content (AvgIpc) is 2.96. The van der Waals surface area contributed by atoms with Gasteiger partial charge in [-0.2, -0.15) is 0 Å². The first-order chi connectivity index (χ1) is 10.2. The molecule has 3 rings (SSSR count). The third-order valence-corrected chi connectivity index (χ3v) is 4.24. The fourth-order valence-corrected chi connectivity index (χ4v) is 3.07. The number of fused-ring (bicyclic) bond motifs is 1. The molecule has 1 heterocycles. The van der Waals surface area contributed by atoms with Crippen molar-refractivity contribution in [2.45, 2.75) is 39.7 Å². The highest BCUT2D eigenvalue weighted by Gasteiger charge is 2.19. The lowest BCUT2D eigenvalue weighted by atomic mass is 10.1. The summed E-state index contributed by atoms with van der Waals surface area (Å²) in [5, 5.41) is 0. The minimum Gasteiger partial charge on any atom is -0.326 e. The van der Waals surface area contributed by atoms with Crippen molar-refractivity contribution in [2.75, 3.05) is 11.4 Å². The van der Waals surface area contributed by atoms with Crippen LogP contribution < -0.4 is 10.6 Å². The first-order valence-corrected chi connectivity index (χ1v) is 7.79. The topological polar surface area (TPSA) is 42.2 Å². The van der Waals surface area contributed by atoms with Crippen molar-refractivity contribution in [1.29, 1.82) is 0 Å². The molecule has 1 aromatic heterocycles. The van der Waals surface area contributed by atoms with Gasteiger partial charge in [-0.05, 0) is 56.9 Å². The molecule has 0 bridgehead atoms. The van der Waals surface area contributed by atoms with Gasteiger partial charge in [0, 0.05) is 30.0 Å². The maximum atomic E-state index is 5.97. The zero-order valence-corrected chi connectivity index (χ0v) is 12.9. The number of nitrogens with two attached hydrogens (primary N) is 1. The summed E-state index contributed by atoms with van der Waals surface area (Å²) >= 11 is 0. The van der Waals surface area contributed by atoms with Gasteiger partial charge >= 0.3 is 0 Å². The van der Waals surface area contributed by atoms with Crippen LogP contribution in [0.1, 0.15) is 35.7 Å². The smallest absolute Gasteiger partial charge is 0.137 e. The molecule has 0 aliphatic heterocycles. The van der Waals surface area contributed by atoms with Crippen molar-refractivity contribution in [3.8, 4) is 0 Å². The van der Waals surface area contributed by atoms with Gasteiger partial charge in [0.1, 0.15) is 5.82 Å².